The van der Waals surface area contributed by atoms with Gasteiger partial charge in [0.1, 0.15) is 12.4 Å². The molecule has 226 valence electrons. The average molecular weight is 583 g/mol. The Hall–Kier alpha value is -3.06. The molecule has 1 heterocycles. The molecule has 1 aliphatic heterocycles. The fourth-order valence-electron chi connectivity index (χ4n) is 9.64. The lowest BCUT2D eigenvalue weighted by Gasteiger charge is -2.59. The molecule has 7 rings (SSSR count). The Morgan fingerprint density at radius 1 is 1.07 bits per heavy atom. The third-order valence-corrected chi connectivity index (χ3v) is 11.6. The Kier molecular flexibility index (Phi) is 7.03. The van der Waals surface area contributed by atoms with Crippen LogP contribution >= 0.6 is 0 Å². The number of benzene rings is 2. The summed E-state index contributed by atoms with van der Waals surface area (Å²) in [6, 6.07) is 18.0. The molecule has 4 fully saturated rings. The molecule has 6 heteroatoms. The summed E-state index contributed by atoms with van der Waals surface area (Å²) in [7, 11) is 0. The van der Waals surface area contributed by atoms with Gasteiger partial charge in [-0.1, -0.05) is 81.3 Å². The first-order valence-electron chi connectivity index (χ1n) is 16.0. The van der Waals surface area contributed by atoms with Crippen LogP contribution in [-0.2, 0) is 19.1 Å². The summed E-state index contributed by atoms with van der Waals surface area (Å²) in [6.07, 6.45) is 8.46. The number of fused-ring (bicyclic) bond motifs is 7. The number of ether oxygens (including phenoxy) is 3. The Labute approximate surface area is 254 Å². The first kappa shape index (κ1) is 28.7. The lowest BCUT2D eigenvalue weighted by atomic mass is 9.46. The highest BCUT2D eigenvalue weighted by Gasteiger charge is 2.75. The monoisotopic (exact) mass is 582 g/mol. The quantitative estimate of drug-likeness (QED) is 0.403. The molecule has 1 N–H and O–H groups in total. The maximum atomic E-state index is 14.4. The Bertz CT molecular complexity index is 1460. The number of carbonyl (C=O) groups excluding carboxylic acids is 2. The van der Waals surface area contributed by atoms with Gasteiger partial charge >= 0.3 is 0 Å². The summed E-state index contributed by atoms with van der Waals surface area (Å²) in [6.45, 7) is 6.29. The summed E-state index contributed by atoms with van der Waals surface area (Å²) in [5.41, 5.74) is 1.18. The van der Waals surface area contributed by atoms with Crippen LogP contribution in [0.25, 0.3) is 11.1 Å². The average Bonchev–Trinajstić information content (AvgIpc) is 3.49. The molecule has 0 spiro atoms. The molecular formula is C37H42O6. The van der Waals surface area contributed by atoms with Gasteiger partial charge in [-0.2, -0.15) is 0 Å². The van der Waals surface area contributed by atoms with E-state index in [2.05, 4.69) is 32.9 Å². The van der Waals surface area contributed by atoms with Crippen LogP contribution in [0, 0.1) is 28.6 Å². The van der Waals surface area contributed by atoms with Gasteiger partial charge in [-0.25, -0.2) is 0 Å². The van der Waals surface area contributed by atoms with E-state index in [0.29, 0.717) is 18.6 Å². The van der Waals surface area contributed by atoms with Crippen LogP contribution < -0.4 is 4.74 Å². The molecule has 0 aromatic heterocycles. The van der Waals surface area contributed by atoms with Crippen molar-refractivity contribution in [1.82, 2.24) is 0 Å². The van der Waals surface area contributed by atoms with Gasteiger partial charge in [0.25, 0.3) is 0 Å². The Morgan fingerprint density at radius 3 is 2.56 bits per heavy atom. The van der Waals surface area contributed by atoms with Crippen LogP contribution in [0.15, 0.2) is 78.4 Å². The number of aliphatic hydroxyl groups excluding tert-OH is 1. The van der Waals surface area contributed by atoms with Crippen molar-refractivity contribution in [1.29, 1.82) is 0 Å². The predicted molar refractivity (Wildman–Crippen MR) is 163 cm³/mol. The Balaban J connectivity index is 1.17. The second-order valence-corrected chi connectivity index (χ2v) is 13.7. The number of hydrogen-bond donors (Lipinski definition) is 1. The van der Waals surface area contributed by atoms with Crippen molar-refractivity contribution >= 4 is 11.6 Å². The molecule has 2 aromatic rings. The van der Waals surface area contributed by atoms with Crippen molar-refractivity contribution < 1.29 is 28.9 Å². The van der Waals surface area contributed by atoms with Gasteiger partial charge in [0.15, 0.2) is 17.7 Å². The molecular weight excluding hydrogens is 540 g/mol. The van der Waals surface area contributed by atoms with Gasteiger partial charge in [-0.15, -0.1) is 0 Å². The summed E-state index contributed by atoms with van der Waals surface area (Å²) >= 11 is 0. The third-order valence-electron chi connectivity index (χ3n) is 11.6. The maximum absolute atomic E-state index is 14.4. The fourth-order valence-corrected chi connectivity index (χ4v) is 9.64. The second-order valence-electron chi connectivity index (χ2n) is 13.7. The lowest BCUT2D eigenvalue weighted by Crippen LogP contribution is -2.63. The molecule has 9 atom stereocenters. The summed E-state index contributed by atoms with van der Waals surface area (Å²) in [5.74, 6) is 0.863. The highest BCUT2D eigenvalue weighted by atomic mass is 16.7. The zero-order valence-corrected chi connectivity index (χ0v) is 25.3. The minimum atomic E-state index is -1.18. The number of aliphatic hydroxyl groups is 1. The van der Waals surface area contributed by atoms with Gasteiger partial charge < -0.3 is 19.3 Å². The largest absolute Gasteiger partial charge is 0.486 e. The van der Waals surface area contributed by atoms with E-state index in [1.54, 1.807) is 12.2 Å². The molecule has 0 radical (unpaired) electrons. The fraction of sp³-hybridized carbons (Fsp3) is 0.514. The summed E-state index contributed by atoms with van der Waals surface area (Å²) < 4.78 is 19.4. The molecule has 5 aliphatic rings. The van der Waals surface area contributed by atoms with Gasteiger partial charge in [0.05, 0.1) is 12.2 Å². The molecule has 0 amide bonds. The molecule has 7 unspecified atom stereocenters. The van der Waals surface area contributed by atoms with Crippen LogP contribution in [-0.4, -0.2) is 47.4 Å². The van der Waals surface area contributed by atoms with E-state index in [1.807, 2.05) is 48.5 Å². The van der Waals surface area contributed by atoms with Crippen molar-refractivity contribution in [2.75, 3.05) is 6.61 Å². The highest BCUT2D eigenvalue weighted by Crippen LogP contribution is 2.69. The van der Waals surface area contributed by atoms with Gasteiger partial charge in [-0.05, 0) is 79.4 Å². The second kappa shape index (κ2) is 10.5. The van der Waals surface area contributed by atoms with Crippen molar-refractivity contribution in [3.05, 3.63) is 78.4 Å². The molecule has 1 saturated heterocycles. The van der Waals surface area contributed by atoms with Gasteiger partial charge in [-0.3, -0.25) is 9.59 Å². The number of carbonyl (C=O) groups is 2. The molecule has 4 aliphatic carbocycles. The highest BCUT2D eigenvalue weighted by molar-refractivity contribution is 6.01. The van der Waals surface area contributed by atoms with E-state index >= 15 is 0 Å². The molecule has 43 heavy (non-hydrogen) atoms. The van der Waals surface area contributed by atoms with Crippen LogP contribution in [0.4, 0.5) is 0 Å². The summed E-state index contributed by atoms with van der Waals surface area (Å²) in [5, 5.41) is 11.9. The predicted octanol–water partition coefficient (Wildman–Crippen LogP) is 6.47. The van der Waals surface area contributed by atoms with Crippen LogP contribution in [0.5, 0.6) is 5.75 Å². The standard InChI is InChI=1S/C37H42O6/c1-4-8-33-42-32-20-29-28-16-13-25-19-26(38)17-18-35(25,2)34(28)30(39)21-36(29,3)37(32,43-33)31(40)22-41-27-14-11-24(12-15-27)23-9-6-5-7-10-23/h5-7,9-12,14-15,17-19,28-30,32-34,39H,4,8,13,16,20-22H2,1-3H3/t28?,29?,30?,32-,33?,34?,35?,36?,37-/m1/s1. The number of Topliss-reactive ketones (excluding diaryl/α,β-unsaturated/α-hetero) is 1. The van der Waals surface area contributed by atoms with Gasteiger partial charge in [0.2, 0.25) is 5.78 Å². The van der Waals surface area contributed by atoms with Crippen molar-refractivity contribution in [2.24, 2.45) is 28.6 Å². The van der Waals surface area contributed by atoms with E-state index in [0.717, 1.165) is 42.4 Å². The van der Waals surface area contributed by atoms with Crippen molar-refractivity contribution in [2.45, 2.75) is 83.4 Å². The van der Waals surface area contributed by atoms with E-state index in [1.165, 1.54) is 0 Å². The smallest absolute Gasteiger partial charge is 0.205 e. The number of ketones is 2. The Morgan fingerprint density at radius 2 is 1.81 bits per heavy atom. The first-order valence-corrected chi connectivity index (χ1v) is 16.0. The molecule has 6 nitrogen and oxygen atoms in total. The van der Waals surface area contributed by atoms with Gasteiger partial charge in [0, 0.05) is 16.7 Å². The minimum absolute atomic E-state index is 0.0216. The molecule has 2 aromatic carbocycles. The number of allylic oxidation sites excluding steroid dienone is 4. The van der Waals surface area contributed by atoms with Crippen LogP contribution in [0.2, 0.25) is 0 Å². The zero-order chi connectivity index (χ0) is 30.0. The first-order chi connectivity index (χ1) is 20.7. The van der Waals surface area contributed by atoms with E-state index in [9.17, 15) is 14.7 Å². The number of hydrogen-bond acceptors (Lipinski definition) is 6. The molecule has 3 saturated carbocycles. The normalized spacial score (nSPS) is 39.3. The van der Waals surface area contributed by atoms with Crippen molar-refractivity contribution in [3.8, 4) is 16.9 Å². The zero-order valence-electron chi connectivity index (χ0n) is 25.3. The summed E-state index contributed by atoms with van der Waals surface area (Å²) in [4.78, 5) is 26.7. The topological polar surface area (TPSA) is 82.1 Å². The van der Waals surface area contributed by atoms with E-state index < -0.39 is 23.4 Å². The van der Waals surface area contributed by atoms with Crippen LogP contribution in [0.3, 0.4) is 0 Å². The van der Waals surface area contributed by atoms with Crippen LogP contribution in [0.1, 0.15) is 59.3 Å². The lowest BCUT2D eigenvalue weighted by molar-refractivity contribution is -0.200. The third kappa shape index (κ3) is 4.32. The van der Waals surface area contributed by atoms with Crippen molar-refractivity contribution in [3.63, 3.8) is 0 Å². The number of rotatable bonds is 7. The SMILES string of the molecule is CCCC1O[C@@H]2CC3C4CCC5=CC(=O)C=CC5(C)C4C(O)CC3(C)[C@]2(C(=O)COc2ccc(-c3ccccc3)cc2)O1. The minimum Gasteiger partial charge on any atom is -0.486 e. The molecule has 0 bridgehead atoms. The maximum Gasteiger partial charge on any atom is 0.205 e. The van der Waals surface area contributed by atoms with E-state index in [4.69, 9.17) is 14.2 Å². The van der Waals surface area contributed by atoms with E-state index in [-0.39, 0.29) is 47.4 Å².